The van der Waals surface area contributed by atoms with Gasteiger partial charge in [-0.1, -0.05) is 0 Å². The zero-order chi connectivity index (χ0) is 9.10. The molecular formula is C10H10N2O. The van der Waals surface area contributed by atoms with Gasteiger partial charge >= 0.3 is 0 Å². The normalized spacial score (nSPS) is 14.4. The van der Waals surface area contributed by atoms with E-state index in [9.17, 15) is 0 Å². The molecule has 0 unspecified atom stereocenters. The van der Waals surface area contributed by atoms with Gasteiger partial charge in [-0.2, -0.15) is 5.26 Å². The Morgan fingerprint density at radius 1 is 1.46 bits per heavy atom. The average Bonchev–Trinajstić information content (AvgIpc) is 2.41. The molecule has 1 aromatic carbocycles. The molecule has 1 heterocycles. The Bertz CT molecular complexity index is 354. The number of anilines is 1. The molecule has 0 bridgehead atoms. The zero-order valence-electron chi connectivity index (χ0n) is 7.21. The van der Waals surface area contributed by atoms with Crippen molar-refractivity contribution in [3.63, 3.8) is 0 Å². The van der Waals surface area contributed by atoms with Gasteiger partial charge in [-0.15, -0.1) is 0 Å². The van der Waals surface area contributed by atoms with Crippen LogP contribution in [0.1, 0.15) is 12.0 Å². The Kier molecular flexibility index (Phi) is 2.05. The van der Waals surface area contributed by atoms with Crippen molar-refractivity contribution in [1.82, 2.24) is 0 Å². The summed E-state index contributed by atoms with van der Waals surface area (Å²) >= 11 is 0. The molecule has 0 radical (unpaired) electrons. The number of nitrogens with one attached hydrogen (secondary N) is 1. The van der Waals surface area contributed by atoms with E-state index in [2.05, 4.69) is 11.4 Å². The molecule has 3 nitrogen and oxygen atoms in total. The van der Waals surface area contributed by atoms with Gasteiger partial charge in [0.15, 0.2) is 0 Å². The van der Waals surface area contributed by atoms with Crippen LogP contribution in [0, 0.1) is 11.3 Å². The molecule has 0 saturated carbocycles. The second kappa shape index (κ2) is 3.36. The molecule has 3 heteroatoms. The number of benzene rings is 1. The van der Waals surface area contributed by atoms with Gasteiger partial charge in [0.2, 0.25) is 0 Å². The largest absolute Gasteiger partial charge is 0.491 e. The maximum Gasteiger partial charge on any atom is 0.142 e. The lowest BCUT2D eigenvalue weighted by Crippen LogP contribution is -2.00. The number of hydrogen-bond donors (Lipinski definition) is 1. The van der Waals surface area contributed by atoms with Crippen LogP contribution in [0.5, 0.6) is 5.75 Å². The van der Waals surface area contributed by atoms with E-state index in [1.165, 1.54) is 0 Å². The third-order valence-corrected chi connectivity index (χ3v) is 2.00. The molecule has 0 fully saturated rings. The lowest BCUT2D eigenvalue weighted by molar-refractivity contribution is 0.323. The third-order valence-electron chi connectivity index (χ3n) is 2.00. The fourth-order valence-electron chi connectivity index (χ4n) is 1.34. The zero-order valence-corrected chi connectivity index (χ0v) is 7.21. The highest BCUT2D eigenvalue weighted by Crippen LogP contribution is 2.27. The summed E-state index contributed by atoms with van der Waals surface area (Å²) in [5, 5.41) is 11.9. The van der Waals surface area contributed by atoms with Crippen LogP contribution in [0.25, 0.3) is 0 Å². The monoisotopic (exact) mass is 174 g/mol. The Labute approximate surface area is 76.9 Å². The van der Waals surface area contributed by atoms with E-state index in [-0.39, 0.29) is 0 Å². The quantitative estimate of drug-likeness (QED) is 0.651. The highest BCUT2D eigenvalue weighted by Gasteiger charge is 2.07. The number of fused-ring (bicyclic) bond motifs is 1. The van der Waals surface area contributed by atoms with E-state index in [1.807, 2.05) is 12.1 Å². The summed E-state index contributed by atoms with van der Waals surface area (Å²) in [5.41, 5.74) is 1.59. The molecule has 1 N–H and O–H groups in total. The lowest BCUT2D eigenvalue weighted by Gasteiger charge is -2.06. The molecular weight excluding hydrogens is 164 g/mol. The second-order valence-corrected chi connectivity index (χ2v) is 2.95. The number of nitrogens with zero attached hydrogens (tertiary/aromatic N) is 1. The van der Waals surface area contributed by atoms with Crippen LogP contribution in [-0.2, 0) is 0 Å². The predicted molar refractivity (Wildman–Crippen MR) is 49.8 cm³/mol. The highest BCUT2D eigenvalue weighted by molar-refractivity contribution is 5.60. The summed E-state index contributed by atoms with van der Waals surface area (Å²) in [7, 11) is 0. The van der Waals surface area contributed by atoms with Gasteiger partial charge in [0.05, 0.1) is 23.9 Å². The second-order valence-electron chi connectivity index (χ2n) is 2.95. The molecule has 13 heavy (non-hydrogen) atoms. The van der Waals surface area contributed by atoms with Crippen molar-refractivity contribution in [2.75, 3.05) is 18.5 Å². The average molecular weight is 174 g/mol. The molecule has 0 spiro atoms. The van der Waals surface area contributed by atoms with Crippen LogP contribution in [0.2, 0.25) is 0 Å². The van der Waals surface area contributed by atoms with Crippen molar-refractivity contribution >= 4 is 5.69 Å². The molecule has 2 rings (SSSR count). The van der Waals surface area contributed by atoms with Gasteiger partial charge in [0, 0.05) is 6.54 Å². The number of ether oxygens (including phenoxy) is 1. The minimum absolute atomic E-state index is 0.664. The molecule has 0 amide bonds. The van der Waals surface area contributed by atoms with E-state index < -0.39 is 0 Å². The first-order valence-electron chi connectivity index (χ1n) is 4.31. The highest BCUT2D eigenvalue weighted by atomic mass is 16.5. The fourth-order valence-corrected chi connectivity index (χ4v) is 1.34. The fraction of sp³-hybridized carbons (Fsp3) is 0.300. The van der Waals surface area contributed by atoms with Gasteiger partial charge in [-0.25, -0.2) is 0 Å². The number of nitriles is 1. The standard InChI is InChI=1S/C10H10N2O/c11-7-8-2-3-10-9(6-8)12-4-1-5-13-10/h2-3,6,12H,1,4-5H2. The summed E-state index contributed by atoms with van der Waals surface area (Å²) in [6.07, 6.45) is 0.997. The van der Waals surface area contributed by atoms with Crippen LogP contribution >= 0.6 is 0 Å². The summed E-state index contributed by atoms with van der Waals surface area (Å²) < 4.78 is 5.48. The van der Waals surface area contributed by atoms with Crippen molar-refractivity contribution in [3.05, 3.63) is 23.8 Å². The van der Waals surface area contributed by atoms with Gasteiger partial charge in [-0.05, 0) is 24.6 Å². The Morgan fingerprint density at radius 2 is 2.38 bits per heavy atom. The van der Waals surface area contributed by atoms with E-state index >= 15 is 0 Å². The Balaban J connectivity index is 2.39. The van der Waals surface area contributed by atoms with Crippen LogP contribution in [-0.4, -0.2) is 13.2 Å². The molecule has 66 valence electrons. The predicted octanol–water partition coefficient (Wildman–Crippen LogP) is 1.75. The van der Waals surface area contributed by atoms with Crippen molar-refractivity contribution in [2.24, 2.45) is 0 Å². The molecule has 0 aliphatic carbocycles. The molecule has 1 aliphatic heterocycles. The first-order valence-corrected chi connectivity index (χ1v) is 4.31. The topological polar surface area (TPSA) is 45.0 Å². The van der Waals surface area contributed by atoms with Crippen molar-refractivity contribution < 1.29 is 4.74 Å². The van der Waals surface area contributed by atoms with Gasteiger partial charge < -0.3 is 10.1 Å². The number of hydrogen-bond acceptors (Lipinski definition) is 3. The van der Waals surface area contributed by atoms with Gasteiger partial charge in [0.1, 0.15) is 5.75 Å². The van der Waals surface area contributed by atoms with Crippen LogP contribution in [0.15, 0.2) is 18.2 Å². The van der Waals surface area contributed by atoms with E-state index in [0.29, 0.717) is 5.56 Å². The van der Waals surface area contributed by atoms with Crippen molar-refractivity contribution in [1.29, 1.82) is 5.26 Å². The van der Waals surface area contributed by atoms with E-state index in [1.54, 1.807) is 6.07 Å². The molecule has 1 aliphatic rings. The van der Waals surface area contributed by atoms with Gasteiger partial charge in [-0.3, -0.25) is 0 Å². The van der Waals surface area contributed by atoms with E-state index in [0.717, 1.165) is 31.0 Å². The summed E-state index contributed by atoms with van der Waals surface area (Å²) in [4.78, 5) is 0. The maximum absolute atomic E-state index is 8.69. The minimum atomic E-state index is 0.664. The smallest absolute Gasteiger partial charge is 0.142 e. The summed E-state index contributed by atoms with van der Waals surface area (Å²) in [6.45, 7) is 1.65. The van der Waals surface area contributed by atoms with E-state index in [4.69, 9.17) is 10.00 Å². The SMILES string of the molecule is N#Cc1ccc2c(c1)NCCCO2. The van der Waals surface area contributed by atoms with Crippen LogP contribution in [0.3, 0.4) is 0 Å². The third kappa shape index (κ3) is 1.57. The first kappa shape index (κ1) is 7.93. The molecule has 0 atom stereocenters. The molecule has 0 saturated heterocycles. The van der Waals surface area contributed by atoms with Crippen molar-refractivity contribution in [3.8, 4) is 11.8 Å². The lowest BCUT2D eigenvalue weighted by atomic mass is 10.2. The Morgan fingerprint density at radius 3 is 3.23 bits per heavy atom. The summed E-state index contributed by atoms with van der Waals surface area (Å²) in [6, 6.07) is 7.53. The van der Waals surface area contributed by atoms with Crippen LogP contribution in [0.4, 0.5) is 5.69 Å². The minimum Gasteiger partial charge on any atom is -0.491 e. The maximum atomic E-state index is 8.69. The molecule has 1 aromatic rings. The summed E-state index contributed by atoms with van der Waals surface area (Å²) in [5.74, 6) is 0.844. The van der Waals surface area contributed by atoms with Crippen LogP contribution < -0.4 is 10.1 Å². The van der Waals surface area contributed by atoms with Gasteiger partial charge in [0.25, 0.3) is 0 Å². The Hall–Kier alpha value is -1.69. The van der Waals surface area contributed by atoms with Crippen molar-refractivity contribution in [2.45, 2.75) is 6.42 Å². The first-order chi connectivity index (χ1) is 6.40. The molecule has 0 aromatic heterocycles. The number of rotatable bonds is 0.